The number of H-pyrrole nitrogens is 1. The lowest BCUT2D eigenvalue weighted by molar-refractivity contribution is 0.0953. The number of rotatable bonds is 5. The van der Waals surface area contributed by atoms with E-state index in [9.17, 15) is 9.90 Å². The number of halogens is 1. The van der Waals surface area contributed by atoms with Gasteiger partial charge in [0, 0.05) is 18.5 Å². The summed E-state index contributed by atoms with van der Waals surface area (Å²) >= 11 is 5.74. The fraction of sp³-hybridized carbons (Fsp3) is 0.250. The fourth-order valence-electron chi connectivity index (χ4n) is 1.56. The van der Waals surface area contributed by atoms with Crippen molar-refractivity contribution >= 4 is 17.5 Å². The van der Waals surface area contributed by atoms with Crippen molar-refractivity contribution in [3.8, 4) is 5.75 Å². The predicted molar refractivity (Wildman–Crippen MR) is 70.2 cm³/mol. The van der Waals surface area contributed by atoms with Crippen molar-refractivity contribution in [1.82, 2.24) is 20.5 Å². The van der Waals surface area contributed by atoms with E-state index in [1.807, 2.05) is 0 Å². The minimum atomic E-state index is -0.223. The summed E-state index contributed by atoms with van der Waals surface area (Å²) in [4.78, 5) is 15.8. The average molecular weight is 281 g/mol. The molecule has 0 atom stereocenters. The van der Waals surface area contributed by atoms with Gasteiger partial charge in [-0.3, -0.25) is 9.89 Å². The minimum absolute atomic E-state index is 0.0384. The quantitative estimate of drug-likeness (QED) is 0.724. The van der Waals surface area contributed by atoms with E-state index in [0.29, 0.717) is 12.1 Å². The van der Waals surface area contributed by atoms with Gasteiger partial charge < -0.3 is 10.4 Å². The van der Waals surface area contributed by atoms with Crippen molar-refractivity contribution < 1.29 is 9.90 Å². The van der Waals surface area contributed by atoms with Crippen LogP contribution < -0.4 is 5.32 Å². The Morgan fingerprint density at radius 3 is 3.00 bits per heavy atom. The highest BCUT2D eigenvalue weighted by atomic mass is 35.5. The molecule has 0 saturated heterocycles. The summed E-state index contributed by atoms with van der Waals surface area (Å²) in [5.74, 6) is 0.532. The second-order valence-electron chi connectivity index (χ2n) is 3.96. The molecular weight excluding hydrogens is 268 g/mol. The third-order valence-electron chi connectivity index (χ3n) is 2.55. The molecular formula is C12H13ClN4O2. The van der Waals surface area contributed by atoms with E-state index in [1.165, 1.54) is 24.5 Å². The van der Waals surface area contributed by atoms with E-state index in [-0.39, 0.29) is 16.7 Å². The van der Waals surface area contributed by atoms with Crippen LogP contribution in [0.5, 0.6) is 5.75 Å². The molecule has 6 nitrogen and oxygen atoms in total. The van der Waals surface area contributed by atoms with Crippen molar-refractivity contribution in [3.05, 3.63) is 40.9 Å². The molecule has 100 valence electrons. The molecule has 0 aliphatic heterocycles. The van der Waals surface area contributed by atoms with Crippen LogP contribution in [0.1, 0.15) is 22.6 Å². The van der Waals surface area contributed by atoms with Gasteiger partial charge in [-0.25, -0.2) is 4.98 Å². The Balaban J connectivity index is 1.79. The summed E-state index contributed by atoms with van der Waals surface area (Å²) in [5.41, 5.74) is 0.419. The van der Waals surface area contributed by atoms with Crippen LogP contribution in [0.3, 0.4) is 0 Å². The van der Waals surface area contributed by atoms with E-state index >= 15 is 0 Å². The number of hydrogen-bond acceptors (Lipinski definition) is 4. The first-order valence-electron chi connectivity index (χ1n) is 5.78. The number of nitrogens with one attached hydrogen (secondary N) is 2. The molecule has 1 aromatic carbocycles. The molecule has 0 unspecified atom stereocenters. The normalized spacial score (nSPS) is 10.4. The van der Waals surface area contributed by atoms with Crippen molar-refractivity contribution in [2.45, 2.75) is 12.8 Å². The number of carbonyl (C=O) groups is 1. The molecule has 1 heterocycles. The van der Waals surface area contributed by atoms with Gasteiger partial charge in [-0.15, -0.1) is 0 Å². The first-order chi connectivity index (χ1) is 9.16. The van der Waals surface area contributed by atoms with E-state index in [2.05, 4.69) is 20.5 Å². The average Bonchev–Trinajstić information content (AvgIpc) is 2.91. The molecule has 0 bridgehead atoms. The van der Waals surface area contributed by atoms with Crippen LogP contribution in [0.25, 0.3) is 0 Å². The lowest BCUT2D eigenvalue weighted by atomic mass is 10.2. The molecule has 0 saturated carbocycles. The molecule has 0 aliphatic carbocycles. The van der Waals surface area contributed by atoms with Crippen molar-refractivity contribution in [3.63, 3.8) is 0 Å². The maximum Gasteiger partial charge on any atom is 0.251 e. The third-order valence-corrected chi connectivity index (χ3v) is 2.85. The topological polar surface area (TPSA) is 90.9 Å². The Morgan fingerprint density at radius 1 is 1.47 bits per heavy atom. The Hall–Kier alpha value is -2.08. The van der Waals surface area contributed by atoms with Gasteiger partial charge in [0.2, 0.25) is 0 Å². The Labute approximate surface area is 114 Å². The molecule has 0 radical (unpaired) electrons. The number of amides is 1. The maximum absolute atomic E-state index is 11.8. The first-order valence-corrected chi connectivity index (χ1v) is 6.15. The first kappa shape index (κ1) is 13.4. The minimum Gasteiger partial charge on any atom is -0.506 e. The van der Waals surface area contributed by atoms with Gasteiger partial charge in [0.15, 0.2) is 0 Å². The van der Waals surface area contributed by atoms with Crippen LogP contribution in [0, 0.1) is 0 Å². The van der Waals surface area contributed by atoms with E-state index < -0.39 is 0 Å². The van der Waals surface area contributed by atoms with Gasteiger partial charge in [0.05, 0.1) is 5.02 Å². The zero-order valence-electron chi connectivity index (χ0n) is 10.1. The smallest absolute Gasteiger partial charge is 0.251 e. The van der Waals surface area contributed by atoms with Gasteiger partial charge in [0.25, 0.3) is 5.91 Å². The second-order valence-corrected chi connectivity index (χ2v) is 4.37. The lowest BCUT2D eigenvalue weighted by Crippen LogP contribution is -2.24. The standard InChI is InChI=1S/C12H13ClN4O2/c13-9-6-8(3-4-10(9)18)12(19)14-5-1-2-11-15-7-16-17-11/h3-4,6-7,18H,1-2,5H2,(H,14,19)(H,15,16,17). The van der Waals surface area contributed by atoms with Gasteiger partial charge in [0.1, 0.15) is 17.9 Å². The molecule has 0 fully saturated rings. The number of nitrogens with zero attached hydrogens (tertiary/aromatic N) is 2. The zero-order chi connectivity index (χ0) is 13.7. The number of aromatic amines is 1. The van der Waals surface area contributed by atoms with E-state index in [0.717, 1.165) is 18.7 Å². The SMILES string of the molecule is O=C(NCCCc1ncn[nH]1)c1ccc(O)c(Cl)c1. The highest BCUT2D eigenvalue weighted by Gasteiger charge is 2.07. The number of phenolic OH excluding ortho intramolecular Hbond substituents is 1. The molecule has 1 aromatic heterocycles. The molecule has 1 amide bonds. The molecule has 0 aliphatic rings. The summed E-state index contributed by atoms with van der Waals surface area (Å²) in [6, 6.07) is 4.35. The predicted octanol–water partition coefficient (Wildman–Crippen LogP) is 1.53. The Morgan fingerprint density at radius 2 is 2.32 bits per heavy atom. The summed E-state index contributed by atoms with van der Waals surface area (Å²) in [5, 5.41) is 18.7. The summed E-state index contributed by atoms with van der Waals surface area (Å²) < 4.78 is 0. The summed E-state index contributed by atoms with van der Waals surface area (Å²) in [6.45, 7) is 0.526. The highest BCUT2D eigenvalue weighted by Crippen LogP contribution is 2.23. The van der Waals surface area contributed by atoms with Crippen LogP contribution in [-0.2, 0) is 6.42 Å². The summed E-state index contributed by atoms with van der Waals surface area (Å²) in [6.07, 6.45) is 2.93. The van der Waals surface area contributed by atoms with E-state index in [1.54, 1.807) is 0 Å². The molecule has 2 rings (SSSR count). The van der Waals surface area contributed by atoms with Crippen LogP contribution in [0.4, 0.5) is 0 Å². The fourth-order valence-corrected chi connectivity index (χ4v) is 1.74. The molecule has 2 aromatic rings. The lowest BCUT2D eigenvalue weighted by Gasteiger charge is -2.05. The maximum atomic E-state index is 11.8. The van der Waals surface area contributed by atoms with Gasteiger partial charge >= 0.3 is 0 Å². The highest BCUT2D eigenvalue weighted by molar-refractivity contribution is 6.32. The van der Waals surface area contributed by atoms with Crippen molar-refractivity contribution in [2.75, 3.05) is 6.54 Å². The summed E-state index contributed by atoms with van der Waals surface area (Å²) in [7, 11) is 0. The monoisotopic (exact) mass is 280 g/mol. The third kappa shape index (κ3) is 3.69. The van der Waals surface area contributed by atoms with Crippen molar-refractivity contribution in [1.29, 1.82) is 0 Å². The molecule has 3 N–H and O–H groups in total. The van der Waals surface area contributed by atoms with Crippen LogP contribution in [-0.4, -0.2) is 32.7 Å². The Bertz CT molecular complexity index is 557. The number of aryl methyl sites for hydroxylation is 1. The van der Waals surface area contributed by atoms with Crippen molar-refractivity contribution in [2.24, 2.45) is 0 Å². The number of hydrogen-bond donors (Lipinski definition) is 3. The Kier molecular flexibility index (Phi) is 4.35. The van der Waals surface area contributed by atoms with E-state index in [4.69, 9.17) is 11.6 Å². The van der Waals surface area contributed by atoms with Gasteiger partial charge in [-0.1, -0.05) is 11.6 Å². The number of aromatic nitrogens is 3. The number of phenols is 1. The van der Waals surface area contributed by atoms with Crippen LogP contribution in [0.15, 0.2) is 24.5 Å². The second kappa shape index (κ2) is 6.19. The van der Waals surface area contributed by atoms with Gasteiger partial charge in [-0.2, -0.15) is 5.10 Å². The number of benzene rings is 1. The zero-order valence-corrected chi connectivity index (χ0v) is 10.8. The van der Waals surface area contributed by atoms with Crippen LogP contribution >= 0.6 is 11.6 Å². The molecule has 0 spiro atoms. The number of aromatic hydroxyl groups is 1. The molecule has 7 heteroatoms. The largest absolute Gasteiger partial charge is 0.506 e. The van der Waals surface area contributed by atoms with Crippen LogP contribution in [0.2, 0.25) is 5.02 Å². The van der Waals surface area contributed by atoms with Gasteiger partial charge in [-0.05, 0) is 24.6 Å². The molecule has 19 heavy (non-hydrogen) atoms. The number of carbonyl (C=O) groups excluding carboxylic acids is 1.